The van der Waals surface area contributed by atoms with Gasteiger partial charge in [0.2, 0.25) is 5.06 Å². The summed E-state index contributed by atoms with van der Waals surface area (Å²) in [5, 5.41) is 3.11. The number of fused-ring (bicyclic) bond motifs is 2. The van der Waals surface area contributed by atoms with Crippen molar-refractivity contribution in [1.29, 1.82) is 0 Å². The van der Waals surface area contributed by atoms with E-state index in [1.165, 1.54) is 11.3 Å². The minimum Gasteiger partial charge on any atom is -0.480 e. The lowest BCUT2D eigenvalue weighted by molar-refractivity contribution is 0.0916. The first-order valence-electron chi connectivity index (χ1n) is 9.16. The maximum atomic E-state index is 12.7. The maximum absolute atomic E-state index is 12.7. The van der Waals surface area contributed by atoms with Crippen LogP contribution in [0.5, 0.6) is 10.8 Å². The molecule has 1 aromatic heterocycles. The minimum absolute atomic E-state index is 0.159. The standard InChI is InChI=1S/C23H18O5S/c1-2-26-23(25)28-22-21(18-9-5-6-10-20(18)29-22)27-14-19(24)17-12-11-15-7-3-4-8-16(15)13-17/h3-13H,2,14H2,1H3. The Morgan fingerprint density at radius 2 is 1.69 bits per heavy atom. The van der Waals surface area contributed by atoms with Crippen LogP contribution in [0.2, 0.25) is 0 Å². The zero-order chi connectivity index (χ0) is 20.2. The van der Waals surface area contributed by atoms with Gasteiger partial charge in [-0.3, -0.25) is 4.79 Å². The van der Waals surface area contributed by atoms with Crippen LogP contribution in [0.1, 0.15) is 17.3 Å². The Kier molecular flexibility index (Phi) is 5.44. The average Bonchev–Trinajstić information content (AvgIpc) is 3.08. The van der Waals surface area contributed by atoms with Gasteiger partial charge in [0, 0.05) is 15.6 Å². The van der Waals surface area contributed by atoms with Crippen molar-refractivity contribution >= 4 is 44.1 Å². The topological polar surface area (TPSA) is 61.8 Å². The highest BCUT2D eigenvalue weighted by Gasteiger charge is 2.20. The first-order chi connectivity index (χ1) is 14.2. The zero-order valence-corrected chi connectivity index (χ0v) is 16.5. The smallest absolute Gasteiger partial charge is 0.480 e. The molecule has 0 saturated heterocycles. The Labute approximate surface area is 171 Å². The van der Waals surface area contributed by atoms with Crippen LogP contribution in [0.3, 0.4) is 0 Å². The van der Waals surface area contributed by atoms with Gasteiger partial charge in [-0.05, 0) is 35.9 Å². The van der Waals surface area contributed by atoms with E-state index in [4.69, 9.17) is 14.2 Å². The molecule has 4 rings (SSSR count). The molecule has 0 radical (unpaired) electrons. The third kappa shape index (κ3) is 4.07. The van der Waals surface area contributed by atoms with Crippen molar-refractivity contribution in [2.75, 3.05) is 13.2 Å². The van der Waals surface area contributed by atoms with E-state index in [0.29, 0.717) is 11.3 Å². The van der Waals surface area contributed by atoms with Gasteiger partial charge in [0.05, 0.1) is 6.61 Å². The molecule has 0 spiro atoms. The third-order valence-electron chi connectivity index (χ3n) is 4.38. The molecule has 6 heteroatoms. The Bertz CT molecular complexity index is 1190. The van der Waals surface area contributed by atoms with Gasteiger partial charge in [0.15, 0.2) is 18.1 Å². The summed E-state index contributed by atoms with van der Waals surface area (Å²) in [7, 11) is 0. The number of benzene rings is 3. The summed E-state index contributed by atoms with van der Waals surface area (Å²) in [5.74, 6) is 0.209. The van der Waals surface area contributed by atoms with Crippen LogP contribution in [0.15, 0.2) is 66.7 Å². The van der Waals surface area contributed by atoms with E-state index in [1.807, 2.05) is 60.7 Å². The summed E-state index contributed by atoms with van der Waals surface area (Å²) < 4.78 is 16.9. The summed E-state index contributed by atoms with van der Waals surface area (Å²) in [4.78, 5) is 24.5. The van der Waals surface area contributed by atoms with Gasteiger partial charge >= 0.3 is 6.16 Å². The van der Waals surface area contributed by atoms with Crippen molar-refractivity contribution in [3.05, 3.63) is 72.3 Å². The summed E-state index contributed by atoms with van der Waals surface area (Å²) in [6.07, 6.45) is -0.801. The minimum atomic E-state index is -0.801. The predicted octanol–water partition coefficient (Wildman–Crippen LogP) is 5.85. The van der Waals surface area contributed by atoms with Crippen LogP contribution >= 0.6 is 11.3 Å². The molecule has 1 heterocycles. The van der Waals surface area contributed by atoms with E-state index in [2.05, 4.69) is 0 Å². The monoisotopic (exact) mass is 406 g/mol. The Balaban J connectivity index is 1.57. The lowest BCUT2D eigenvalue weighted by atomic mass is 10.0. The lowest BCUT2D eigenvalue weighted by Gasteiger charge is -2.08. The summed E-state index contributed by atoms with van der Waals surface area (Å²) in [6, 6.07) is 20.9. The fourth-order valence-electron chi connectivity index (χ4n) is 3.01. The van der Waals surface area contributed by atoms with E-state index < -0.39 is 6.16 Å². The van der Waals surface area contributed by atoms with E-state index in [1.54, 1.807) is 13.0 Å². The molecule has 0 amide bonds. The molecule has 0 aliphatic rings. The number of Topliss-reactive ketones (excluding diaryl/α,β-unsaturated/α-hetero) is 1. The summed E-state index contributed by atoms with van der Waals surface area (Å²) in [6.45, 7) is 1.74. The molecule has 0 atom stereocenters. The molecule has 3 aromatic carbocycles. The van der Waals surface area contributed by atoms with Crippen molar-refractivity contribution in [3.8, 4) is 10.8 Å². The average molecular weight is 406 g/mol. The fourth-order valence-corrected chi connectivity index (χ4v) is 4.00. The molecule has 0 fully saturated rings. The molecule has 146 valence electrons. The Hall–Kier alpha value is -3.38. The van der Waals surface area contributed by atoms with Crippen molar-refractivity contribution in [2.24, 2.45) is 0 Å². The number of rotatable bonds is 6. The van der Waals surface area contributed by atoms with Gasteiger partial charge in [0.1, 0.15) is 0 Å². The fraction of sp³-hybridized carbons (Fsp3) is 0.130. The molecule has 0 aliphatic heterocycles. The Morgan fingerprint density at radius 3 is 2.52 bits per heavy atom. The molecule has 0 unspecified atom stereocenters. The number of thiophene rings is 1. The van der Waals surface area contributed by atoms with Gasteiger partial charge in [-0.25, -0.2) is 4.79 Å². The third-order valence-corrected chi connectivity index (χ3v) is 5.41. The first-order valence-corrected chi connectivity index (χ1v) is 9.98. The number of ketones is 1. The molecular weight excluding hydrogens is 388 g/mol. The van der Waals surface area contributed by atoms with Crippen LogP contribution in [0.4, 0.5) is 4.79 Å². The van der Waals surface area contributed by atoms with Crippen LogP contribution in [-0.2, 0) is 4.74 Å². The second-order valence-corrected chi connectivity index (χ2v) is 7.29. The first kappa shape index (κ1) is 19.0. The van der Waals surface area contributed by atoms with Crippen LogP contribution in [0.25, 0.3) is 20.9 Å². The quantitative estimate of drug-likeness (QED) is 0.297. The van der Waals surface area contributed by atoms with E-state index in [9.17, 15) is 9.59 Å². The number of carbonyl (C=O) groups is 2. The zero-order valence-electron chi connectivity index (χ0n) is 15.7. The number of carbonyl (C=O) groups excluding carboxylic acids is 2. The molecule has 5 nitrogen and oxygen atoms in total. The SMILES string of the molecule is CCOC(=O)Oc1sc2ccccc2c1OCC(=O)c1ccc2ccccc2c1. The maximum Gasteiger partial charge on any atom is 0.514 e. The number of hydrogen-bond donors (Lipinski definition) is 0. The number of hydrogen-bond acceptors (Lipinski definition) is 6. The van der Waals surface area contributed by atoms with Gasteiger partial charge in [-0.1, -0.05) is 59.9 Å². The second kappa shape index (κ2) is 8.32. The van der Waals surface area contributed by atoms with Crippen LogP contribution in [-0.4, -0.2) is 25.2 Å². The van der Waals surface area contributed by atoms with Gasteiger partial charge in [-0.15, -0.1) is 0 Å². The Morgan fingerprint density at radius 1 is 0.931 bits per heavy atom. The van der Waals surface area contributed by atoms with Gasteiger partial charge in [0.25, 0.3) is 0 Å². The second-order valence-electron chi connectivity index (χ2n) is 6.27. The van der Waals surface area contributed by atoms with Crippen molar-refractivity contribution < 1.29 is 23.8 Å². The normalized spacial score (nSPS) is 10.8. The predicted molar refractivity (Wildman–Crippen MR) is 113 cm³/mol. The van der Waals surface area contributed by atoms with Gasteiger partial charge in [-0.2, -0.15) is 0 Å². The molecule has 0 saturated carbocycles. The largest absolute Gasteiger partial charge is 0.514 e. The molecule has 0 bridgehead atoms. The molecule has 0 aliphatic carbocycles. The summed E-state index contributed by atoms with van der Waals surface area (Å²) >= 11 is 1.27. The molecule has 29 heavy (non-hydrogen) atoms. The van der Waals surface area contributed by atoms with E-state index in [0.717, 1.165) is 20.9 Å². The van der Waals surface area contributed by atoms with Crippen molar-refractivity contribution in [2.45, 2.75) is 6.92 Å². The van der Waals surface area contributed by atoms with Crippen LogP contribution in [0, 0.1) is 0 Å². The lowest BCUT2D eigenvalue weighted by Crippen LogP contribution is -2.13. The highest BCUT2D eigenvalue weighted by molar-refractivity contribution is 7.21. The molecular formula is C23H18O5S. The molecule has 0 N–H and O–H groups in total. The molecule has 4 aromatic rings. The van der Waals surface area contributed by atoms with Crippen molar-refractivity contribution in [1.82, 2.24) is 0 Å². The summed E-state index contributed by atoms with van der Waals surface area (Å²) in [5.41, 5.74) is 0.566. The van der Waals surface area contributed by atoms with E-state index in [-0.39, 0.29) is 24.1 Å². The number of ether oxygens (including phenoxy) is 3. The van der Waals surface area contributed by atoms with Crippen molar-refractivity contribution in [3.63, 3.8) is 0 Å². The van der Waals surface area contributed by atoms with Gasteiger partial charge < -0.3 is 14.2 Å². The van der Waals surface area contributed by atoms with Crippen LogP contribution < -0.4 is 9.47 Å². The van der Waals surface area contributed by atoms with E-state index >= 15 is 0 Å². The highest BCUT2D eigenvalue weighted by Crippen LogP contribution is 2.44. The highest BCUT2D eigenvalue weighted by atomic mass is 32.1.